The van der Waals surface area contributed by atoms with Crippen LogP contribution in [-0.4, -0.2) is 39.9 Å². The molecule has 0 atom stereocenters. The van der Waals surface area contributed by atoms with Gasteiger partial charge in [0.05, 0.1) is 16.4 Å². The first kappa shape index (κ1) is 15.9. The Hall–Kier alpha value is -2.15. The first-order valence-corrected chi connectivity index (χ1v) is 6.15. The van der Waals surface area contributed by atoms with Crippen LogP contribution in [0.25, 0.3) is 0 Å². The summed E-state index contributed by atoms with van der Waals surface area (Å²) in [4.78, 5) is 33.7. The van der Waals surface area contributed by atoms with Crippen molar-refractivity contribution in [2.45, 2.75) is 13.3 Å². The minimum absolute atomic E-state index is 0.0993. The number of nitrogens with zero attached hydrogens (tertiary/aromatic N) is 2. The largest absolute Gasteiger partial charge is 0.480 e. The van der Waals surface area contributed by atoms with Gasteiger partial charge in [-0.25, -0.2) is 0 Å². The number of non-ortho nitro benzene ring substituents is 1. The highest BCUT2D eigenvalue weighted by molar-refractivity contribution is 6.31. The van der Waals surface area contributed by atoms with Gasteiger partial charge in [-0.15, -0.1) is 0 Å². The molecule has 0 aliphatic carbocycles. The number of aliphatic carboxylic acids is 1. The van der Waals surface area contributed by atoms with Crippen molar-refractivity contribution in [3.63, 3.8) is 0 Å². The van der Waals surface area contributed by atoms with Crippen LogP contribution in [0.3, 0.4) is 0 Å². The number of rotatable bonds is 6. The highest BCUT2D eigenvalue weighted by Crippen LogP contribution is 2.23. The minimum atomic E-state index is -1.10. The fraction of sp³-hybridized carbons (Fsp3) is 0.333. The number of nitro groups is 1. The van der Waals surface area contributed by atoms with Gasteiger partial charge in [-0.1, -0.05) is 17.7 Å². The van der Waals surface area contributed by atoms with Gasteiger partial charge < -0.3 is 10.0 Å². The molecular weight excluding hydrogens is 288 g/mol. The predicted molar refractivity (Wildman–Crippen MR) is 71.7 cm³/mol. The highest BCUT2D eigenvalue weighted by Gasteiger charge is 2.17. The standard InChI is InChI=1S/C12H13ClN2O5/c1-2-14(7-12(17)18)11(16)5-8-3-4-9(15(19)20)6-10(8)13/h3-4,6H,2,5,7H2,1H3,(H,17,18). The molecule has 0 aliphatic heterocycles. The zero-order valence-corrected chi connectivity index (χ0v) is 11.5. The molecule has 0 saturated heterocycles. The van der Waals surface area contributed by atoms with Crippen LogP contribution in [0.5, 0.6) is 0 Å². The van der Waals surface area contributed by atoms with E-state index in [1.165, 1.54) is 17.0 Å². The van der Waals surface area contributed by atoms with Crippen molar-refractivity contribution in [3.8, 4) is 0 Å². The van der Waals surface area contributed by atoms with E-state index in [4.69, 9.17) is 16.7 Å². The van der Waals surface area contributed by atoms with E-state index >= 15 is 0 Å². The number of amides is 1. The molecule has 8 heteroatoms. The van der Waals surface area contributed by atoms with Crippen LogP contribution in [0.1, 0.15) is 12.5 Å². The molecule has 7 nitrogen and oxygen atoms in total. The second-order valence-electron chi connectivity index (χ2n) is 4.01. The maximum absolute atomic E-state index is 11.9. The maximum atomic E-state index is 11.9. The molecule has 0 aliphatic rings. The number of nitro benzene ring substituents is 1. The Morgan fingerprint density at radius 1 is 1.45 bits per heavy atom. The lowest BCUT2D eigenvalue weighted by atomic mass is 10.1. The van der Waals surface area contributed by atoms with E-state index in [2.05, 4.69) is 0 Å². The third kappa shape index (κ3) is 4.20. The number of benzene rings is 1. The number of hydrogen-bond acceptors (Lipinski definition) is 4. The molecule has 0 saturated carbocycles. The van der Waals surface area contributed by atoms with Crippen LogP contribution >= 0.6 is 11.6 Å². The number of carboxylic acid groups (broad SMARTS) is 1. The van der Waals surface area contributed by atoms with Crippen molar-refractivity contribution in [2.24, 2.45) is 0 Å². The van der Waals surface area contributed by atoms with E-state index in [-0.39, 0.29) is 30.2 Å². The van der Waals surface area contributed by atoms with Gasteiger partial charge in [0.15, 0.2) is 0 Å². The van der Waals surface area contributed by atoms with Crippen molar-refractivity contribution >= 4 is 29.2 Å². The maximum Gasteiger partial charge on any atom is 0.323 e. The molecule has 1 amide bonds. The van der Waals surface area contributed by atoms with Crippen molar-refractivity contribution in [1.82, 2.24) is 4.90 Å². The van der Waals surface area contributed by atoms with Crippen molar-refractivity contribution in [3.05, 3.63) is 38.9 Å². The summed E-state index contributed by atoms with van der Waals surface area (Å²) in [6, 6.07) is 3.81. The van der Waals surface area contributed by atoms with Gasteiger partial charge in [-0.3, -0.25) is 19.7 Å². The van der Waals surface area contributed by atoms with Crippen LogP contribution in [0.2, 0.25) is 5.02 Å². The molecule has 0 fully saturated rings. The van der Waals surface area contributed by atoms with Crippen molar-refractivity contribution in [1.29, 1.82) is 0 Å². The quantitative estimate of drug-likeness (QED) is 0.637. The van der Waals surface area contributed by atoms with Gasteiger partial charge in [0.25, 0.3) is 5.69 Å². The first-order chi connectivity index (χ1) is 9.35. The number of carbonyl (C=O) groups is 2. The van der Waals surface area contributed by atoms with Crippen LogP contribution in [0.15, 0.2) is 18.2 Å². The van der Waals surface area contributed by atoms with Crippen molar-refractivity contribution in [2.75, 3.05) is 13.1 Å². The summed E-state index contributed by atoms with van der Waals surface area (Å²) < 4.78 is 0. The molecule has 0 heterocycles. The Balaban J connectivity index is 2.84. The van der Waals surface area contributed by atoms with Gasteiger partial charge in [0.1, 0.15) is 6.54 Å². The molecule has 0 radical (unpaired) electrons. The topological polar surface area (TPSA) is 101 Å². The fourth-order valence-electron chi connectivity index (χ4n) is 1.61. The van der Waals surface area contributed by atoms with Crippen LogP contribution in [0, 0.1) is 10.1 Å². The second kappa shape index (κ2) is 6.85. The highest BCUT2D eigenvalue weighted by atomic mass is 35.5. The van der Waals surface area contributed by atoms with E-state index < -0.39 is 16.8 Å². The Bertz CT molecular complexity index is 547. The summed E-state index contributed by atoms with van der Waals surface area (Å²) in [6.45, 7) is 1.54. The summed E-state index contributed by atoms with van der Waals surface area (Å²) in [5.74, 6) is -1.50. The van der Waals surface area contributed by atoms with Gasteiger partial charge in [-0.05, 0) is 12.5 Å². The smallest absolute Gasteiger partial charge is 0.323 e. The summed E-state index contributed by atoms with van der Waals surface area (Å²) in [5.41, 5.74) is 0.259. The van der Waals surface area contributed by atoms with Gasteiger partial charge in [0.2, 0.25) is 5.91 Å². The Labute approximate surface area is 119 Å². The van der Waals surface area contributed by atoms with Crippen LogP contribution < -0.4 is 0 Å². The minimum Gasteiger partial charge on any atom is -0.480 e. The predicted octanol–water partition coefficient (Wildman–Crippen LogP) is 1.72. The summed E-state index contributed by atoms with van der Waals surface area (Å²) in [6.07, 6.45) is -0.0993. The number of carboxylic acids is 1. The normalized spacial score (nSPS) is 10.1. The molecule has 0 spiro atoms. The fourth-order valence-corrected chi connectivity index (χ4v) is 1.85. The average molecular weight is 301 g/mol. The van der Waals surface area contributed by atoms with Crippen LogP contribution in [-0.2, 0) is 16.0 Å². The Morgan fingerprint density at radius 3 is 2.55 bits per heavy atom. The van der Waals surface area contributed by atoms with Gasteiger partial charge >= 0.3 is 5.97 Å². The van der Waals surface area contributed by atoms with Crippen molar-refractivity contribution < 1.29 is 19.6 Å². The Morgan fingerprint density at radius 2 is 2.10 bits per heavy atom. The lowest BCUT2D eigenvalue weighted by molar-refractivity contribution is -0.384. The third-order valence-corrected chi connectivity index (χ3v) is 3.00. The molecule has 1 aromatic carbocycles. The number of carbonyl (C=O) groups excluding carboxylic acids is 1. The zero-order chi connectivity index (χ0) is 15.3. The lowest BCUT2D eigenvalue weighted by Gasteiger charge is -2.18. The first-order valence-electron chi connectivity index (χ1n) is 5.77. The molecule has 0 bridgehead atoms. The van der Waals surface area contributed by atoms with E-state index in [9.17, 15) is 19.7 Å². The number of halogens is 1. The molecule has 108 valence electrons. The van der Waals surface area contributed by atoms with Crippen LogP contribution in [0.4, 0.5) is 5.69 Å². The molecule has 1 rings (SSSR count). The molecule has 0 aromatic heterocycles. The monoisotopic (exact) mass is 300 g/mol. The van der Waals surface area contributed by atoms with E-state index in [1.807, 2.05) is 0 Å². The molecule has 1 aromatic rings. The Kier molecular flexibility index (Phi) is 5.45. The van der Waals surface area contributed by atoms with Gasteiger partial charge in [-0.2, -0.15) is 0 Å². The number of hydrogen-bond donors (Lipinski definition) is 1. The summed E-state index contributed by atoms with van der Waals surface area (Å²) in [7, 11) is 0. The van der Waals surface area contributed by atoms with E-state index in [0.717, 1.165) is 6.07 Å². The van der Waals surface area contributed by atoms with E-state index in [0.29, 0.717) is 5.56 Å². The summed E-state index contributed by atoms with van der Waals surface area (Å²) >= 11 is 5.88. The average Bonchev–Trinajstić information content (AvgIpc) is 2.37. The molecule has 20 heavy (non-hydrogen) atoms. The van der Waals surface area contributed by atoms with Gasteiger partial charge in [0, 0.05) is 18.7 Å². The summed E-state index contributed by atoms with van der Waals surface area (Å²) in [5, 5.41) is 19.4. The molecule has 0 unspecified atom stereocenters. The number of likely N-dealkylation sites (N-methyl/N-ethyl adjacent to an activating group) is 1. The lowest BCUT2D eigenvalue weighted by Crippen LogP contribution is -2.36. The third-order valence-electron chi connectivity index (χ3n) is 2.65. The van der Waals surface area contributed by atoms with E-state index in [1.54, 1.807) is 6.92 Å². The zero-order valence-electron chi connectivity index (χ0n) is 10.7. The second-order valence-corrected chi connectivity index (χ2v) is 4.42. The molecular formula is C12H13ClN2O5. The SMILES string of the molecule is CCN(CC(=O)O)C(=O)Cc1ccc([N+](=O)[O-])cc1Cl. The molecule has 1 N–H and O–H groups in total.